The van der Waals surface area contributed by atoms with Gasteiger partial charge in [-0.15, -0.1) is 0 Å². The largest absolute Gasteiger partial charge is 0.494 e. The van der Waals surface area contributed by atoms with E-state index in [-0.39, 0.29) is 11.4 Å². The molecule has 2 heterocycles. The van der Waals surface area contributed by atoms with Crippen molar-refractivity contribution < 1.29 is 17.9 Å². The van der Waals surface area contributed by atoms with Gasteiger partial charge in [-0.2, -0.15) is 4.31 Å². The molecule has 0 unspecified atom stereocenters. The summed E-state index contributed by atoms with van der Waals surface area (Å²) in [6.45, 7) is -0.343. The van der Waals surface area contributed by atoms with Crippen LogP contribution in [0.5, 0.6) is 5.75 Å². The van der Waals surface area contributed by atoms with Gasteiger partial charge in [0.25, 0.3) is 0 Å². The number of rotatable bonds is 6. The van der Waals surface area contributed by atoms with Gasteiger partial charge in [0.15, 0.2) is 5.13 Å². The predicted molar refractivity (Wildman–Crippen MR) is 98.9 cm³/mol. The molecule has 136 valence electrons. The number of fused-ring (bicyclic) bond motifs is 1. The van der Waals surface area contributed by atoms with Crippen LogP contribution in [0.2, 0.25) is 0 Å². The molecule has 1 aromatic carbocycles. The molecule has 0 radical (unpaired) electrons. The van der Waals surface area contributed by atoms with Gasteiger partial charge in [0.05, 0.1) is 18.4 Å². The number of likely N-dealkylation sites (N-methyl/N-ethyl adjacent to an activating group) is 1. The number of carbonyl (C=O) groups is 1. The fraction of sp³-hybridized carbons (Fsp3) is 0.188. The van der Waals surface area contributed by atoms with Crippen molar-refractivity contribution in [1.82, 2.24) is 14.3 Å². The summed E-state index contributed by atoms with van der Waals surface area (Å²) in [5, 5.41) is 3.00. The summed E-state index contributed by atoms with van der Waals surface area (Å²) in [5.74, 6) is 0.119. The monoisotopic (exact) mass is 392 g/mol. The van der Waals surface area contributed by atoms with Crippen molar-refractivity contribution in [2.45, 2.75) is 4.90 Å². The Morgan fingerprint density at radius 3 is 2.81 bits per heavy atom. The van der Waals surface area contributed by atoms with Gasteiger partial charge in [0.1, 0.15) is 16.2 Å². The zero-order chi connectivity index (χ0) is 18.7. The van der Waals surface area contributed by atoms with Crippen LogP contribution in [0, 0.1) is 0 Å². The number of thiazole rings is 1. The molecule has 0 aliphatic carbocycles. The topological polar surface area (TPSA) is 101 Å². The molecule has 0 aliphatic heterocycles. The van der Waals surface area contributed by atoms with E-state index in [9.17, 15) is 13.2 Å². The number of hydrogen-bond donors (Lipinski definition) is 1. The number of nitrogens with one attached hydrogen (secondary N) is 1. The molecule has 10 heteroatoms. The summed E-state index contributed by atoms with van der Waals surface area (Å²) in [7, 11) is -0.906. The van der Waals surface area contributed by atoms with Crippen LogP contribution in [-0.2, 0) is 14.8 Å². The van der Waals surface area contributed by atoms with Gasteiger partial charge >= 0.3 is 0 Å². The summed E-state index contributed by atoms with van der Waals surface area (Å²) in [4.78, 5) is 20.4. The summed E-state index contributed by atoms with van der Waals surface area (Å²) < 4.78 is 31.9. The van der Waals surface area contributed by atoms with Crippen LogP contribution in [0.1, 0.15) is 0 Å². The lowest BCUT2D eigenvalue weighted by molar-refractivity contribution is -0.116. The first-order valence-corrected chi connectivity index (χ1v) is 9.77. The highest BCUT2D eigenvalue weighted by Crippen LogP contribution is 2.32. The lowest BCUT2D eigenvalue weighted by atomic mass is 10.3. The third-order valence-electron chi connectivity index (χ3n) is 3.56. The van der Waals surface area contributed by atoms with Crippen molar-refractivity contribution in [3.8, 4) is 5.75 Å². The first-order valence-electron chi connectivity index (χ1n) is 7.51. The maximum atomic E-state index is 12.4. The standard InChI is InChI=1S/C16H16N4O4S2/c1-20(26(22,23)11-5-4-8-17-9-11)10-14(21)18-16-19-15-12(24-2)6-3-7-13(15)25-16/h3-9H,10H2,1-2H3,(H,18,19,21). The normalized spacial score (nSPS) is 11.7. The molecule has 2 aromatic heterocycles. The van der Waals surface area contributed by atoms with Crippen LogP contribution in [0.15, 0.2) is 47.6 Å². The number of aromatic nitrogens is 2. The molecule has 0 aliphatic rings. The molecule has 0 saturated heterocycles. The number of nitrogens with zero attached hydrogens (tertiary/aromatic N) is 3. The van der Waals surface area contributed by atoms with E-state index in [1.807, 2.05) is 12.1 Å². The zero-order valence-corrected chi connectivity index (χ0v) is 15.7. The van der Waals surface area contributed by atoms with Crippen molar-refractivity contribution in [2.24, 2.45) is 0 Å². The van der Waals surface area contributed by atoms with E-state index in [1.165, 1.54) is 42.9 Å². The fourth-order valence-electron chi connectivity index (χ4n) is 2.27. The molecule has 0 atom stereocenters. The Labute approximate surface area is 154 Å². The maximum absolute atomic E-state index is 12.4. The Balaban J connectivity index is 1.73. The summed E-state index contributed by atoms with van der Waals surface area (Å²) in [6.07, 6.45) is 2.72. The van der Waals surface area contributed by atoms with Crippen LogP contribution in [-0.4, -0.2) is 49.3 Å². The number of para-hydroxylation sites is 1. The second-order valence-electron chi connectivity index (χ2n) is 5.32. The van der Waals surface area contributed by atoms with Gasteiger partial charge in [0.2, 0.25) is 15.9 Å². The lowest BCUT2D eigenvalue weighted by Gasteiger charge is -2.16. The molecule has 3 rings (SSSR count). The van der Waals surface area contributed by atoms with E-state index in [0.717, 1.165) is 9.01 Å². The van der Waals surface area contributed by atoms with Crippen LogP contribution < -0.4 is 10.1 Å². The van der Waals surface area contributed by atoms with E-state index in [1.54, 1.807) is 13.2 Å². The number of hydrogen-bond acceptors (Lipinski definition) is 7. The average molecular weight is 392 g/mol. The van der Waals surface area contributed by atoms with Gasteiger partial charge < -0.3 is 10.1 Å². The van der Waals surface area contributed by atoms with Crippen molar-refractivity contribution in [3.05, 3.63) is 42.7 Å². The molecule has 0 fully saturated rings. The molecule has 8 nitrogen and oxygen atoms in total. The van der Waals surface area contributed by atoms with Gasteiger partial charge in [-0.25, -0.2) is 13.4 Å². The lowest BCUT2D eigenvalue weighted by Crippen LogP contribution is -2.35. The quantitative estimate of drug-likeness (QED) is 0.688. The SMILES string of the molecule is COc1cccc2sc(NC(=O)CN(C)S(=O)(=O)c3cccnc3)nc12. The Bertz CT molecular complexity index is 1030. The summed E-state index contributed by atoms with van der Waals surface area (Å²) >= 11 is 1.29. The van der Waals surface area contributed by atoms with E-state index in [2.05, 4.69) is 15.3 Å². The second kappa shape index (κ2) is 7.36. The number of sulfonamides is 1. The smallest absolute Gasteiger partial charge is 0.244 e. The Hall–Kier alpha value is -2.56. The van der Waals surface area contributed by atoms with E-state index in [4.69, 9.17) is 4.74 Å². The minimum atomic E-state index is -3.79. The Morgan fingerprint density at radius 2 is 2.12 bits per heavy atom. The van der Waals surface area contributed by atoms with Gasteiger partial charge in [-0.05, 0) is 24.3 Å². The van der Waals surface area contributed by atoms with Crippen LogP contribution >= 0.6 is 11.3 Å². The van der Waals surface area contributed by atoms with E-state index >= 15 is 0 Å². The summed E-state index contributed by atoms with van der Waals surface area (Å²) in [6, 6.07) is 8.43. The molecule has 26 heavy (non-hydrogen) atoms. The fourth-order valence-corrected chi connectivity index (χ4v) is 4.26. The van der Waals surface area contributed by atoms with Crippen molar-refractivity contribution >= 4 is 42.6 Å². The summed E-state index contributed by atoms with van der Waals surface area (Å²) in [5.41, 5.74) is 0.645. The number of anilines is 1. The highest BCUT2D eigenvalue weighted by molar-refractivity contribution is 7.89. The number of methoxy groups -OCH3 is 1. The second-order valence-corrected chi connectivity index (χ2v) is 8.40. The number of amides is 1. The van der Waals surface area contributed by atoms with E-state index in [0.29, 0.717) is 16.4 Å². The van der Waals surface area contributed by atoms with Gasteiger partial charge in [0, 0.05) is 19.4 Å². The Kier molecular flexibility index (Phi) is 5.16. The molecule has 0 saturated carbocycles. The van der Waals surface area contributed by atoms with Crippen LogP contribution in [0.3, 0.4) is 0 Å². The van der Waals surface area contributed by atoms with Crippen molar-refractivity contribution in [1.29, 1.82) is 0 Å². The number of benzene rings is 1. The minimum absolute atomic E-state index is 0.0278. The van der Waals surface area contributed by atoms with E-state index < -0.39 is 15.9 Å². The molecule has 1 N–H and O–H groups in total. The Morgan fingerprint density at radius 1 is 1.31 bits per heavy atom. The first-order chi connectivity index (χ1) is 12.4. The maximum Gasteiger partial charge on any atom is 0.244 e. The average Bonchev–Trinajstić information content (AvgIpc) is 3.04. The van der Waals surface area contributed by atoms with Crippen molar-refractivity contribution in [2.75, 3.05) is 26.0 Å². The van der Waals surface area contributed by atoms with Crippen molar-refractivity contribution in [3.63, 3.8) is 0 Å². The van der Waals surface area contributed by atoms with Gasteiger partial charge in [-0.3, -0.25) is 9.78 Å². The molecule has 3 aromatic rings. The highest BCUT2D eigenvalue weighted by Gasteiger charge is 2.23. The third kappa shape index (κ3) is 3.66. The zero-order valence-electron chi connectivity index (χ0n) is 14.0. The molecule has 1 amide bonds. The molecule has 0 bridgehead atoms. The van der Waals surface area contributed by atoms with Crippen LogP contribution in [0.4, 0.5) is 5.13 Å². The first kappa shape index (κ1) is 18.2. The molecular formula is C16H16N4O4S2. The molecule has 0 spiro atoms. The van der Waals surface area contributed by atoms with Crippen LogP contribution in [0.25, 0.3) is 10.2 Å². The number of pyridine rings is 1. The van der Waals surface area contributed by atoms with Gasteiger partial charge in [-0.1, -0.05) is 17.4 Å². The third-order valence-corrected chi connectivity index (χ3v) is 6.28. The number of ether oxygens (including phenoxy) is 1. The highest BCUT2D eigenvalue weighted by atomic mass is 32.2. The predicted octanol–water partition coefficient (Wildman–Crippen LogP) is 1.96. The molecular weight excluding hydrogens is 376 g/mol. The number of carbonyl (C=O) groups excluding carboxylic acids is 1. The minimum Gasteiger partial charge on any atom is -0.494 e.